The molecule has 0 aromatic heterocycles. The van der Waals surface area contributed by atoms with Gasteiger partial charge in [-0.05, 0) is 0 Å². The second-order valence-corrected chi connectivity index (χ2v) is 15.5. The second-order valence-electron chi connectivity index (χ2n) is 15.5. The Morgan fingerprint density at radius 3 is 0.453 bits per heavy atom. The summed E-state index contributed by atoms with van der Waals surface area (Å²) in [6.45, 7) is -3.95. The van der Waals surface area contributed by atoms with Crippen LogP contribution in [0.4, 0.5) is 0 Å². The Morgan fingerprint density at radius 1 is 0.234 bits per heavy atom. The SMILES string of the molecule is CC(=O)N(C)CC(=O)N(C)CC(=O)N(C)CC(=O)N(C)CC(=O)N(C)CC(=O)N(C)CC(=O)N(C)CC(=O)N(C)CC(=O)N(C)CC(=O)N(C)CC(=O)N(C)CC(=O)N(C)CC(=O)O. The number of carboxylic acid groups (broad SMARTS) is 1. The standard InChI is InChI=1S/C38H64N12O14/c1-26(51)39(2)14-27(52)40(3)15-28(53)41(4)16-29(54)42(5)17-30(55)43(6)18-31(56)44(7)19-32(57)45(8)20-33(58)46(9)21-34(59)47(10)22-35(60)48(11)23-36(61)49(12)24-37(62)50(13)25-38(63)64/h14-25H2,1-13H3,(H,63,64). The van der Waals surface area contributed by atoms with Crippen LogP contribution < -0.4 is 0 Å². The number of carbonyl (C=O) groups is 13. The quantitative estimate of drug-likeness (QED) is 0.0944. The van der Waals surface area contributed by atoms with Crippen LogP contribution >= 0.6 is 0 Å². The number of carbonyl (C=O) groups excluding carboxylic acids is 12. The third-order valence-electron chi connectivity index (χ3n) is 9.69. The molecule has 26 heteroatoms. The maximum Gasteiger partial charge on any atom is 0.323 e. The van der Waals surface area contributed by atoms with E-state index in [9.17, 15) is 62.3 Å². The van der Waals surface area contributed by atoms with Crippen LogP contribution in [0.3, 0.4) is 0 Å². The fraction of sp³-hybridized carbons (Fsp3) is 0.658. The van der Waals surface area contributed by atoms with Gasteiger partial charge in [0.05, 0.1) is 72.0 Å². The highest BCUT2D eigenvalue weighted by Crippen LogP contribution is 2.01. The van der Waals surface area contributed by atoms with Gasteiger partial charge in [0, 0.05) is 91.5 Å². The zero-order valence-electron chi connectivity index (χ0n) is 39.1. The van der Waals surface area contributed by atoms with Crippen LogP contribution in [0.25, 0.3) is 0 Å². The largest absolute Gasteiger partial charge is 0.480 e. The lowest BCUT2D eigenvalue weighted by Gasteiger charge is -2.27. The molecule has 0 radical (unpaired) electrons. The van der Waals surface area contributed by atoms with E-state index in [1.54, 1.807) is 0 Å². The first-order valence-corrected chi connectivity index (χ1v) is 19.5. The summed E-state index contributed by atoms with van der Waals surface area (Å²) in [5.74, 6) is -8.32. The predicted octanol–water partition coefficient (Wildman–Crippen LogP) is -6.41. The number of hydrogen-bond acceptors (Lipinski definition) is 13. The molecule has 0 spiro atoms. The van der Waals surface area contributed by atoms with Gasteiger partial charge in [0.2, 0.25) is 70.9 Å². The highest BCUT2D eigenvalue weighted by atomic mass is 16.4. The fourth-order valence-electron chi connectivity index (χ4n) is 4.84. The molecule has 12 amide bonds. The van der Waals surface area contributed by atoms with E-state index in [2.05, 4.69) is 0 Å². The number of likely N-dealkylation sites (N-methyl/N-ethyl adjacent to an activating group) is 12. The van der Waals surface area contributed by atoms with Crippen molar-refractivity contribution in [2.75, 3.05) is 163 Å². The Kier molecular flexibility index (Phi) is 23.7. The summed E-state index contributed by atoms with van der Waals surface area (Å²) in [5, 5.41) is 8.83. The summed E-state index contributed by atoms with van der Waals surface area (Å²) in [7, 11) is 15.9. The van der Waals surface area contributed by atoms with E-state index >= 15 is 0 Å². The summed E-state index contributed by atoms with van der Waals surface area (Å²) < 4.78 is 0. The predicted molar refractivity (Wildman–Crippen MR) is 225 cm³/mol. The smallest absolute Gasteiger partial charge is 0.323 e. The maximum atomic E-state index is 12.9. The Balaban J connectivity index is 4.92. The Hall–Kier alpha value is -6.89. The van der Waals surface area contributed by atoms with Crippen LogP contribution in [0, 0.1) is 0 Å². The van der Waals surface area contributed by atoms with E-state index in [0.29, 0.717) is 0 Å². The molecule has 0 fully saturated rings. The van der Waals surface area contributed by atoms with Crippen molar-refractivity contribution >= 4 is 76.9 Å². The molecule has 0 heterocycles. The Morgan fingerprint density at radius 2 is 0.344 bits per heavy atom. The number of rotatable bonds is 24. The van der Waals surface area contributed by atoms with Crippen molar-refractivity contribution in [2.24, 2.45) is 0 Å². The summed E-state index contributed by atoms with van der Waals surface area (Å²) in [4.78, 5) is 174. The van der Waals surface area contributed by atoms with Crippen molar-refractivity contribution < 1.29 is 67.4 Å². The van der Waals surface area contributed by atoms with Gasteiger partial charge in [0.1, 0.15) is 6.54 Å². The van der Waals surface area contributed by atoms with Crippen molar-refractivity contribution in [3.05, 3.63) is 0 Å². The number of amides is 12. The first-order valence-electron chi connectivity index (χ1n) is 19.5. The molecule has 0 aliphatic carbocycles. The van der Waals surface area contributed by atoms with Gasteiger partial charge in [0.25, 0.3) is 0 Å². The molecule has 0 saturated carbocycles. The highest BCUT2D eigenvalue weighted by molar-refractivity contribution is 5.94. The monoisotopic (exact) mass is 912 g/mol. The van der Waals surface area contributed by atoms with E-state index in [4.69, 9.17) is 5.11 Å². The van der Waals surface area contributed by atoms with Crippen molar-refractivity contribution in [3.8, 4) is 0 Å². The summed E-state index contributed by atoms with van der Waals surface area (Å²) >= 11 is 0. The van der Waals surface area contributed by atoms with Gasteiger partial charge >= 0.3 is 5.97 Å². The average Bonchev–Trinajstić information content (AvgIpc) is 3.19. The van der Waals surface area contributed by atoms with Gasteiger partial charge in [-0.2, -0.15) is 0 Å². The third-order valence-corrected chi connectivity index (χ3v) is 9.69. The molecule has 0 rings (SSSR count). The molecule has 64 heavy (non-hydrogen) atoms. The van der Waals surface area contributed by atoms with E-state index in [0.717, 1.165) is 53.9 Å². The molecule has 0 saturated heterocycles. The molecule has 0 aromatic carbocycles. The van der Waals surface area contributed by atoms with E-state index in [1.807, 2.05) is 0 Å². The zero-order valence-corrected chi connectivity index (χ0v) is 39.1. The second kappa shape index (κ2) is 26.6. The van der Waals surface area contributed by atoms with Crippen LogP contribution in [0.5, 0.6) is 0 Å². The normalized spacial score (nSPS) is 10.3. The lowest BCUT2D eigenvalue weighted by Crippen LogP contribution is -2.49. The molecule has 0 atom stereocenters. The molecule has 0 unspecified atom stereocenters. The topological polar surface area (TPSA) is 281 Å². The molecular formula is C38H64N12O14. The lowest BCUT2D eigenvalue weighted by atomic mass is 10.3. The first-order chi connectivity index (χ1) is 29.4. The molecule has 0 bridgehead atoms. The maximum absolute atomic E-state index is 12.9. The molecule has 0 aromatic rings. The Labute approximate surface area is 372 Å². The van der Waals surface area contributed by atoms with Gasteiger partial charge in [-0.1, -0.05) is 0 Å². The Bertz CT molecular complexity index is 1790. The third kappa shape index (κ3) is 20.3. The minimum absolute atomic E-state index is 0.232. The molecule has 0 aliphatic heterocycles. The summed E-state index contributed by atoms with van der Waals surface area (Å²) in [5.41, 5.74) is 0. The summed E-state index contributed by atoms with van der Waals surface area (Å²) in [6, 6.07) is 0. The van der Waals surface area contributed by atoms with E-state index < -0.39 is 136 Å². The number of aliphatic carboxylic acids is 1. The van der Waals surface area contributed by atoms with Crippen LogP contribution in [-0.4, -0.2) is 304 Å². The van der Waals surface area contributed by atoms with Crippen LogP contribution in [0.15, 0.2) is 0 Å². The number of carboxylic acids is 1. The minimum Gasteiger partial charge on any atom is -0.480 e. The van der Waals surface area contributed by atoms with Crippen LogP contribution in [0.1, 0.15) is 6.92 Å². The van der Waals surface area contributed by atoms with Crippen molar-refractivity contribution in [1.29, 1.82) is 0 Å². The van der Waals surface area contributed by atoms with Crippen LogP contribution in [-0.2, 0) is 62.3 Å². The summed E-state index contributed by atoms with van der Waals surface area (Å²) in [6.07, 6.45) is 0. The minimum atomic E-state index is -1.23. The zero-order chi connectivity index (χ0) is 49.9. The van der Waals surface area contributed by atoms with Crippen LogP contribution in [0.2, 0.25) is 0 Å². The fourth-order valence-corrected chi connectivity index (χ4v) is 4.84. The van der Waals surface area contributed by atoms with E-state index in [-0.39, 0.29) is 19.0 Å². The van der Waals surface area contributed by atoms with Gasteiger partial charge in [-0.15, -0.1) is 0 Å². The highest BCUT2D eigenvalue weighted by Gasteiger charge is 2.27. The number of hydrogen-bond donors (Lipinski definition) is 1. The van der Waals surface area contributed by atoms with Crippen molar-refractivity contribution in [1.82, 2.24) is 58.8 Å². The molecular weight excluding hydrogens is 848 g/mol. The molecule has 1 N–H and O–H groups in total. The van der Waals surface area contributed by atoms with Gasteiger partial charge in [-0.25, -0.2) is 0 Å². The van der Waals surface area contributed by atoms with E-state index in [1.165, 1.54) is 96.4 Å². The van der Waals surface area contributed by atoms with Gasteiger partial charge < -0.3 is 63.9 Å². The van der Waals surface area contributed by atoms with Gasteiger partial charge in [-0.3, -0.25) is 62.3 Å². The first kappa shape index (κ1) is 57.1. The molecule has 0 aliphatic rings. The lowest BCUT2D eigenvalue weighted by molar-refractivity contribution is -0.147. The average molecular weight is 913 g/mol. The van der Waals surface area contributed by atoms with Crippen molar-refractivity contribution in [3.63, 3.8) is 0 Å². The molecule has 26 nitrogen and oxygen atoms in total. The molecule has 360 valence electrons. The van der Waals surface area contributed by atoms with Gasteiger partial charge in [0.15, 0.2) is 0 Å². The number of nitrogens with zero attached hydrogens (tertiary/aromatic N) is 12. The van der Waals surface area contributed by atoms with Crippen molar-refractivity contribution in [2.45, 2.75) is 6.92 Å².